The van der Waals surface area contributed by atoms with Crippen LogP contribution in [0.2, 0.25) is 0 Å². The number of aromatic nitrogens is 4. The van der Waals surface area contributed by atoms with Crippen molar-refractivity contribution in [3.63, 3.8) is 0 Å². The lowest BCUT2D eigenvalue weighted by Gasteiger charge is -2.09. The molecule has 12 heteroatoms. The maximum absolute atomic E-state index is 13.5. The molecular formula is C22H19FN6O4S. The average molecular weight is 482 g/mol. The highest BCUT2D eigenvalue weighted by Crippen LogP contribution is 2.37. The van der Waals surface area contributed by atoms with Crippen molar-refractivity contribution in [1.29, 1.82) is 0 Å². The van der Waals surface area contributed by atoms with Gasteiger partial charge in [0.25, 0.3) is 5.89 Å². The Labute approximate surface area is 197 Å². The van der Waals surface area contributed by atoms with Crippen LogP contribution in [0, 0.1) is 12.7 Å². The van der Waals surface area contributed by atoms with E-state index >= 15 is 0 Å². The van der Waals surface area contributed by atoms with E-state index in [1.807, 2.05) is 6.26 Å². The maximum Gasteiger partial charge on any atom is 0.264 e. The van der Waals surface area contributed by atoms with Gasteiger partial charge in [0.15, 0.2) is 11.5 Å². The zero-order chi connectivity index (χ0) is 23.8. The molecule has 1 aliphatic rings. The summed E-state index contributed by atoms with van der Waals surface area (Å²) in [5.74, 6) is 1.09. The van der Waals surface area contributed by atoms with Gasteiger partial charge >= 0.3 is 0 Å². The van der Waals surface area contributed by atoms with Gasteiger partial charge in [0.05, 0.1) is 0 Å². The molecule has 3 N–H and O–H groups in total. The summed E-state index contributed by atoms with van der Waals surface area (Å²) in [6, 6.07) is 9.50. The molecule has 3 heterocycles. The van der Waals surface area contributed by atoms with Crippen molar-refractivity contribution in [3.8, 4) is 34.3 Å². The molecule has 0 fully saturated rings. The number of carbonyl (C=O) groups excluding carboxylic acids is 1. The second kappa shape index (κ2) is 8.71. The number of anilines is 2. The molecule has 2 aromatic carbocycles. The largest absolute Gasteiger partial charge is 0.454 e. The van der Waals surface area contributed by atoms with Gasteiger partial charge in [0.1, 0.15) is 28.8 Å². The molecule has 0 bridgehead atoms. The molecule has 0 spiro atoms. The topological polar surface area (TPSA) is 130 Å². The van der Waals surface area contributed by atoms with Gasteiger partial charge in [-0.05, 0) is 49.1 Å². The number of nitrogens with zero attached hydrogens (tertiary/aromatic N) is 4. The molecule has 0 atom stereocenters. The van der Waals surface area contributed by atoms with Gasteiger partial charge in [0, 0.05) is 11.3 Å². The van der Waals surface area contributed by atoms with E-state index in [-0.39, 0.29) is 25.0 Å². The lowest BCUT2D eigenvalue weighted by Crippen LogP contribution is -2.21. The van der Waals surface area contributed by atoms with E-state index in [0.717, 1.165) is 5.56 Å². The molecule has 0 aliphatic carbocycles. The number of thioether (sulfide) groups is 1. The number of amides is 1. The van der Waals surface area contributed by atoms with E-state index in [9.17, 15) is 9.18 Å². The van der Waals surface area contributed by atoms with E-state index in [0.29, 0.717) is 39.2 Å². The summed E-state index contributed by atoms with van der Waals surface area (Å²) in [5, 5.41) is 11.7. The molecule has 34 heavy (non-hydrogen) atoms. The van der Waals surface area contributed by atoms with Crippen molar-refractivity contribution in [2.45, 2.75) is 18.5 Å². The molecule has 2 aromatic heterocycles. The van der Waals surface area contributed by atoms with E-state index in [4.69, 9.17) is 19.7 Å². The standard InChI is InChI=1S/C22H19FN6O4S/c1-11-3-5-13(23)8-14(11)25-17(30)9-29-19(24)18(22(27-29)34-2)21-26-20(28-33-21)12-4-6-15-16(7-12)32-10-31-15/h3-8H,9-10,24H2,1-2H3,(H,25,30). The minimum atomic E-state index is -0.443. The predicted molar refractivity (Wildman–Crippen MR) is 123 cm³/mol. The van der Waals surface area contributed by atoms with Crippen LogP contribution in [0.5, 0.6) is 11.5 Å². The van der Waals surface area contributed by atoms with Gasteiger partial charge in [-0.2, -0.15) is 10.1 Å². The highest BCUT2D eigenvalue weighted by atomic mass is 32.2. The highest BCUT2D eigenvalue weighted by Gasteiger charge is 2.24. The smallest absolute Gasteiger partial charge is 0.264 e. The SMILES string of the molecule is CSc1nn(CC(=O)Nc2cc(F)ccc2C)c(N)c1-c1nc(-c2ccc3c(c2)OCO3)no1. The maximum atomic E-state index is 13.5. The summed E-state index contributed by atoms with van der Waals surface area (Å²) in [4.78, 5) is 17.1. The normalized spacial score (nSPS) is 12.2. The Kier molecular flexibility index (Phi) is 5.57. The molecule has 4 aromatic rings. The zero-order valence-electron chi connectivity index (χ0n) is 18.2. The number of nitrogens with two attached hydrogens (primary N) is 1. The van der Waals surface area contributed by atoms with Crippen LogP contribution in [0.3, 0.4) is 0 Å². The lowest BCUT2D eigenvalue weighted by atomic mass is 10.2. The Hall–Kier alpha value is -4.06. The van der Waals surface area contributed by atoms with Gasteiger partial charge < -0.3 is 25.0 Å². The van der Waals surface area contributed by atoms with Crippen molar-refractivity contribution >= 4 is 29.2 Å². The average Bonchev–Trinajstić information content (AvgIpc) is 3.55. The van der Waals surface area contributed by atoms with Crippen LogP contribution < -0.4 is 20.5 Å². The fourth-order valence-electron chi connectivity index (χ4n) is 3.45. The van der Waals surface area contributed by atoms with Crippen LogP contribution in [-0.4, -0.2) is 38.9 Å². The minimum absolute atomic E-state index is 0.162. The molecule has 0 radical (unpaired) electrons. The summed E-state index contributed by atoms with van der Waals surface area (Å²) in [7, 11) is 0. The summed E-state index contributed by atoms with van der Waals surface area (Å²) >= 11 is 1.32. The van der Waals surface area contributed by atoms with Crippen LogP contribution >= 0.6 is 11.8 Å². The van der Waals surface area contributed by atoms with Gasteiger partial charge in [-0.25, -0.2) is 9.07 Å². The monoisotopic (exact) mass is 482 g/mol. The van der Waals surface area contributed by atoms with Crippen molar-refractivity contribution in [2.24, 2.45) is 0 Å². The number of nitrogens with one attached hydrogen (secondary N) is 1. The van der Waals surface area contributed by atoms with Crippen LogP contribution in [0.25, 0.3) is 22.8 Å². The minimum Gasteiger partial charge on any atom is -0.454 e. The first-order chi connectivity index (χ1) is 16.4. The summed E-state index contributed by atoms with van der Waals surface area (Å²) in [5.41, 5.74) is 8.54. The van der Waals surface area contributed by atoms with Crippen LogP contribution in [0.4, 0.5) is 15.9 Å². The Morgan fingerprint density at radius 3 is 2.88 bits per heavy atom. The van der Waals surface area contributed by atoms with Crippen LogP contribution in [-0.2, 0) is 11.3 Å². The van der Waals surface area contributed by atoms with Crippen LogP contribution in [0.15, 0.2) is 45.9 Å². The second-order valence-electron chi connectivity index (χ2n) is 7.43. The first-order valence-corrected chi connectivity index (χ1v) is 11.4. The molecule has 5 rings (SSSR count). The van der Waals surface area contributed by atoms with Gasteiger partial charge in [0.2, 0.25) is 18.5 Å². The fourth-order valence-corrected chi connectivity index (χ4v) is 4.03. The summed E-state index contributed by atoms with van der Waals surface area (Å²) < 4.78 is 31.1. The molecule has 0 saturated heterocycles. The number of nitrogen functional groups attached to an aromatic ring is 1. The van der Waals surface area contributed by atoms with Crippen molar-refractivity contribution < 1.29 is 23.2 Å². The number of rotatable bonds is 6. The van der Waals surface area contributed by atoms with Crippen LogP contribution in [0.1, 0.15) is 5.56 Å². The van der Waals surface area contributed by atoms with Gasteiger partial charge in [-0.1, -0.05) is 11.2 Å². The Morgan fingerprint density at radius 1 is 1.24 bits per heavy atom. The Bertz CT molecular complexity index is 1400. The molecule has 10 nitrogen and oxygen atoms in total. The Balaban J connectivity index is 1.40. The van der Waals surface area contributed by atoms with E-state index in [2.05, 4.69) is 20.6 Å². The quantitative estimate of drug-likeness (QED) is 0.395. The first kappa shape index (κ1) is 21.8. The van der Waals surface area contributed by atoms with Crippen molar-refractivity contribution in [3.05, 3.63) is 47.8 Å². The summed E-state index contributed by atoms with van der Waals surface area (Å²) in [6.45, 7) is 1.75. The number of halogens is 1. The number of benzene rings is 2. The van der Waals surface area contributed by atoms with E-state index in [1.165, 1.54) is 28.6 Å². The molecule has 1 aliphatic heterocycles. The van der Waals surface area contributed by atoms with E-state index < -0.39 is 11.7 Å². The third-order valence-electron chi connectivity index (χ3n) is 5.19. The number of fused-ring (bicyclic) bond motifs is 1. The molecule has 1 amide bonds. The predicted octanol–water partition coefficient (Wildman–Crippen LogP) is 3.72. The number of hydrogen-bond donors (Lipinski definition) is 2. The van der Waals surface area contributed by atoms with Crippen molar-refractivity contribution in [2.75, 3.05) is 24.1 Å². The number of carbonyl (C=O) groups is 1. The summed E-state index contributed by atoms with van der Waals surface area (Å²) in [6.07, 6.45) is 1.82. The number of hydrogen-bond acceptors (Lipinski definition) is 9. The highest BCUT2D eigenvalue weighted by molar-refractivity contribution is 7.98. The van der Waals surface area contributed by atoms with Gasteiger partial charge in [-0.15, -0.1) is 11.8 Å². The van der Waals surface area contributed by atoms with E-state index in [1.54, 1.807) is 31.2 Å². The number of aryl methyl sites for hydroxylation is 1. The molecule has 0 unspecified atom stereocenters. The lowest BCUT2D eigenvalue weighted by molar-refractivity contribution is -0.116. The third-order valence-corrected chi connectivity index (χ3v) is 5.86. The first-order valence-electron chi connectivity index (χ1n) is 10.1. The molecule has 174 valence electrons. The Morgan fingerprint density at radius 2 is 2.06 bits per heavy atom. The number of ether oxygens (including phenoxy) is 2. The molecular weight excluding hydrogens is 463 g/mol. The fraction of sp³-hybridized carbons (Fsp3) is 0.182. The third kappa shape index (κ3) is 4.03. The van der Waals surface area contributed by atoms with Crippen molar-refractivity contribution in [1.82, 2.24) is 19.9 Å². The zero-order valence-corrected chi connectivity index (χ0v) is 19.0. The van der Waals surface area contributed by atoms with Gasteiger partial charge in [-0.3, -0.25) is 4.79 Å². The second-order valence-corrected chi connectivity index (χ2v) is 8.22. The molecule has 0 saturated carbocycles.